The summed E-state index contributed by atoms with van der Waals surface area (Å²) in [6, 6.07) is 14.5. The van der Waals surface area contributed by atoms with E-state index in [1.165, 1.54) is 22.6 Å². The van der Waals surface area contributed by atoms with Crippen LogP contribution in [0, 0.1) is 11.3 Å². The van der Waals surface area contributed by atoms with Crippen LogP contribution >= 0.6 is 0 Å². The number of hydrogen-bond acceptors (Lipinski definition) is 3. The molecule has 3 atom stereocenters. The van der Waals surface area contributed by atoms with Crippen molar-refractivity contribution in [1.82, 2.24) is 0 Å². The van der Waals surface area contributed by atoms with E-state index in [0.29, 0.717) is 19.4 Å². The fraction of sp³-hybridized carbons (Fsp3) is 0.682. The van der Waals surface area contributed by atoms with E-state index >= 15 is 0 Å². The molecule has 0 aromatic heterocycles. The zero-order valence-corrected chi connectivity index (χ0v) is 20.5. The zero-order valence-electron chi connectivity index (χ0n) is 17.7. The van der Waals surface area contributed by atoms with E-state index in [1.54, 1.807) is 0 Å². The van der Waals surface area contributed by atoms with Gasteiger partial charge in [0.1, 0.15) is 0 Å². The third kappa shape index (κ3) is 4.87. The number of carbonyl (C=O) groups excluding carboxylic acids is 1. The summed E-state index contributed by atoms with van der Waals surface area (Å²) in [5, 5.41) is 10.2. The Bertz CT molecular complexity index is 616. The van der Waals surface area contributed by atoms with Crippen molar-refractivity contribution in [3.05, 3.63) is 30.3 Å². The molecule has 0 amide bonds. The Labute approximate surface area is 172 Å². The first-order valence-electron chi connectivity index (χ1n) is 10.2. The summed E-state index contributed by atoms with van der Waals surface area (Å²) in [6.07, 6.45) is 0.784. The fourth-order valence-corrected chi connectivity index (χ4v) is 16.3. The molecule has 5 heteroatoms. The number of esters is 1. The molecular formula is C22H36O3SeSi. The molecule has 1 aliphatic rings. The Morgan fingerprint density at radius 3 is 2.22 bits per heavy atom. The average molecular weight is 456 g/mol. The van der Waals surface area contributed by atoms with E-state index in [9.17, 15) is 9.90 Å². The molecule has 0 heterocycles. The molecule has 0 bridgehead atoms. The first-order valence-corrected chi connectivity index (χ1v) is 14.8. The summed E-state index contributed by atoms with van der Waals surface area (Å²) in [4.78, 5) is 13.0. The summed E-state index contributed by atoms with van der Waals surface area (Å²) >= 11 is 0.319. The molecule has 0 spiro atoms. The van der Waals surface area contributed by atoms with Gasteiger partial charge in [-0.3, -0.25) is 0 Å². The third-order valence-electron chi connectivity index (χ3n) is 6.31. The Kier molecular flexibility index (Phi) is 7.40. The van der Waals surface area contributed by atoms with Crippen LogP contribution in [0.25, 0.3) is 0 Å². The molecule has 1 aromatic carbocycles. The van der Waals surface area contributed by atoms with Gasteiger partial charge in [-0.2, -0.15) is 0 Å². The Morgan fingerprint density at radius 1 is 1.22 bits per heavy atom. The van der Waals surface area contributed by atoms with Crippen LogP contribution in [0.4, 0.5) is 0 Å². The van der Waals surface area contributed by atoms with E-state index in [0.717, 1.165) is 6.42 Å². The van der Waals surface area contributed by atoms with Gasteiger partial charge in [0.25, 0.3) is 0 Å². The van der Waals surface area contributed by atoms with Gasteiger partial charge in [0, 0.05) is 0 Å². The van der Waals surface area contributed by atoms with Crippen LogP contribution in [0.1, 0.15) is 48.0 Å². The SMILES string of the molecule is CC[Si](CC)(CC)[C@@H]([Se]c1ccccc1)[C@H]1C[C@@]1(CO)C(=O)OC(C)(C)C. The number of aliphatic hydroxyl groups is 1. The van der Waals surface area contributed by atoms with Crippen LogP contribution in [-0.2, 0) is 9.53 Å². The molecule has 1 aliphatic carbocycles. The summed E-state index contributed by atoms with van der Waals surface area (Å²) in [6.45, 7) is 12.6. The minimum absolute atomic E-state index is 0.0877. The first-order chi connectivity index (χ1) is 12.7. The van der Waals surface area contributed by atoms with Crippen molar-refractivity contribution in [1.29, 1.82) is 0 Å². The Hall–Kier alpha value is -0.614. The van der Waals surface area contributed by atoms with Crippen molar-refractivity contribution in [2.75, 3.05) is 6.61 Å². The molecule has 1 fully saturated rings. The van der Waals surface area contributed by atoms with Crippen LogP contribution < -0.4 is 4.46 Å². The second kappa shape index (κ2) is 8.81. The maximum atomic E-state index is 13.0. The van der Waals surface area contributed by atoms with Gasteiger partial charge >= 0.3 is 173 Å². The second-order valence-electron chi connectivity index (χ2n) is 8.90. The monoisotopic (exact) mass is 456 g/mol. The van der Waals surface area contributed by atoms with Crippen LogP contribution in [0.5, 0.6) is 0 Å². The van der Waals surface area contributed by atoms with Gasteiger partial charge in [-0.1, -0.05) is 0 Å². The van der Waals surface area contributed by atoms with Crippen molar-refractivity contribution in [2.45, 2.75) is 76.1 Å². The fourth-order valence-electron chi connectivity index (χ4n) is 4.22. The standard InChI is InChI=1S/C22H36O3SeSi/c1-7-27(8-2,9-3)19(26-17-13-11-10-12-14-17)18-15-22(18,16-23)20(24)25-21(4,5)6/h10-14,18-19,23H,7-9,15-16H2,1-6H3/t18-,19-,22+/m1/s1. The predicted molar refractivity (Wildman–Crippen MR) is 116 cm³/mol. The number of rotatable bonds is 9. The van der Waals surface area contributed by atoms with Gasteiger partial charge in [-0.05, 0) is 0 Å². The van der Waals surface area contributed by atoms with Gasteiger partial charge in [0.2, 0.25) is 0 Å². The van der Waals surface area contributed by atoms with E-state index in [-0.39, 0.29) is 18.5 Å². The molecule has 3 nitrogen and oxygen atoms in total. The molecule has 0 radical (unpaired) electrons. The Morgan fingerprint density at radius 2 is 1.78 bits per heavy atom. The quantitative estimate of drug-likeness (QED) is 0.449. The van der Waals surface area contributed by atoms with Crippen LogP contribution in [-0.4, -0.2) is 46.3 Å². The summed E-state index contributed by atoms with van der Waals surface area (Å²) < 4.78 is 7.69. The van der Waals surface area contributed by atoms with E-state index in [1.807, 2.05) is 20.8 Å². The van der Waals surface area contributed by atoms with Crippen LogP contribution in [0.2, 0.25) is 22.6 Å². The third-order valence-corrected chi connectivity index (χ3v) is 18.3. The molecule has 0 aliphatic heterocycles. The molecule has 27 heavy (non-hydrogen) atoms. The van der Waals surface area contributed by atoms with Crippen LogP contribution in [0.15, 0.2) is 30.3 Å². The number of ether oxygens (including phenoxy) is 1. The molecule has 1 aromatic rings. The number of hydrogen-bond donors (Lipinski definition) is 1. The van der Waals surface area contributed by atoms with Gasteiger partial charge in [-0.15, -0.1) is 0 Å². The number of carbonyl (C=O) groups is 1. The van der Waals surface area contributed by atoms with Crippen molar-refractivity contribution in [3.8, 4) is 0 Å². The van der Waals surface area contributed by atoms with Crippen molar-refractivity contribution in [3.63, 3.8) is 0 Å². The summed E-state index contributed by atoms with van der Waals surface area (Å²) in [7, 11) is -1.53. The van der Waals surface area contributed by atoms with Gasteiger partial charge in [0.15, 0.2) is 0 Å². The molecule has 152 valence electrons. The normalized spacial score (nSPS) is 23.7. The summed E-state index contributed by atoms with van der Waals surface area (Å²) in [5.41, 5.74) is -1.19. The number of benzene rings is 1. The van der Waals surface area contributed by atoms with Gasteiger partial charge in [-0.25, -0.2) is 0 Å². The van der Waals surface area contributed by atoms with E-state index in [2.05, 4.69) is 51.1 Å². The zero-order chi connectivity index (χ0) is 20.3. The van der Waals surface area contributed by atoms with E-state index in [4.69, 9.17) is 4.74 Å². The average Bonchev–Trinajstić information content (AvgIpc) is 3.38. The minimum atomic E-state index is -1.53. The van der Waals surface area contributed by atoms with Crippen molar-refractivity contribution >= 4 is 33.5 Å². The number of aliphatic hydroxyl groups excluding tert-OH is 1. The Balaban J connectivity index is 2.35. The van der Waals surface area contributed by atoms with Gasteiger partial charge in [0.05, 0.1) is 0 Å². The molecule has 1 saturated carbocycles. The second-order valence-corrected chi connectivity index (χ2v) is 17.9. The van der Waals surface area contributed by atoms with Crippen LogP contribution in [0.3, 0.4) is 0 Å². The molecular weight excluding hydrogens is 419 g/mol. The van der Waals surface area contributed by atoms with Crippen molar-refractivity contribution < 1.29 is 14.6 Å². The van der Waals surface area contributed by atoms with Gasteiger partial charge < -0.3 is 0 Å². The topological polar surface area (TPSA) is 46.5 Å². The predicted octanol–water partition coefficient (Wildman–Crippen LogP) is 4.19. The molecule has 0 unspecified atom stereocenters. The first kappa shape index (κ1) is 22.7. The summed E-state index contributed by atoms with van der Waals surface area (Å²) in [5.74, 6) is 0.0756. The van der Waals surface area contributed by atoms with Crippen molar-refractivity contribution in [2.24, 2.45) is 11.3 Å². The molecule has 0 saturated heterocycles. The maximum absolute atomic E-state index is 13.0. The molecule has 1 N–H and O–H groups in total. The molecule has 2 rings (SSSR count). The van der Waals surface area contributed by atoms with E-state index < -0.39 is 19.1 Å².